The first kappa shape index (κ1) is 20.6. The molecular weight excluding hydrogens is 366 g/mol. The molecule has 0 spiro atoms. The lowest BCUT2D eigenvalue weighted by Gasteiger charge is -2.30. The lowest BCUT2D eigenvalue weighted by molar-refractivity contribution is -0.123. The summed E-state index contributed by atoms with van der Waals surface area (Å²) in [5.74, 6) is -0.587. The highest BCUT2D eigenvalue weighted by molar-refractivity contribution is 6.17. The van der Waals surface area contributed by atoms with E-state index in [4.69, 9.17) is 4.74 Å². The number of hydrogen-bond donors (Lipinski definition) is 1. The second-order valence-electron chi connectivity index (χ2n) is 8.21. The summed E-state index contributed by atoms with van der Waals surface area (Å²) >= 11 is 0. The van der Waals surface area contributed by atoms with Gasteiger partial charge >= 0.3 is 0 Å². The van der Waals surface area contributed by atoms with Crippen molar-refractivity contribution in [2.45, 2.75) is 40.7 Å². The molecule has 0 bridgehead atoms. The van der Waals surface area contributed by atoms with Crippen LogP contribution < -0.4 is 9.64 Å². The first-order valence-corrected chi connectivity index (χ1v) is 9.76. The Kier molecular flexibility index (Phi) is 5.51. The number of ketones is 1. The zero-order valence-corrected chi connectivity index (χ0v) is 17.5. The molecule has 1 atom stereocenters. The topological polar surface area (TPSA) is 66.8 Å². The molecule has 0 aliphatic carbocycles. The fourth-order valence-electron chi connectivity index (χ4n) is 3.55. The maximum atomic E-state index is 13.2. The van der Waals surface area contributed by atoms with Crippen LogP contribution in [0.5, 0.6) is 5.75 Å². The molecule has 2 aromatic rings. The average molecular weight is 393 g/mol. The summed E-state index contributed by atoms with van der Waals surface area (Å²) in [5.41, 5.74) is 1.68. The van der Waals surface area contributed by atoms with Crippen molar-refractivity contribution in [3.63, 3.8) is 0 Å². The Hall–Kier alpha value is -3.08. The summed E-state index contributed by atoms with van der Waals surface area (Å²) in [5, 5.41) is 10.7. The summed E-state index contributed by atoms with van der Waals surface area (Å²) in [6, 6.07) is 14.1. The number of para-hydroxylation sites is 1. The van der Waals surface area contributed by atoms with Crippen LogP contribution in [-0.2, 0) is 9.59 Å². The Balaban J connectivity index is 2.18. The number of aliphatic hydroxyl groups is 1. The molecule has 1 heterocycles. The van der Waals surface area contributed by atoms with Gasteiger partial charge in [-0.15, -0.1) is 0 Å². The molecule has 2 aromatic carbocycles. The lowest BCUT2D eigenvalue weighted by Crippen LogP contribution is -2.33. The molecule has 1 amide bonds. The number of Topliss-reactive ketones (excluding diaryl/α,β-unsaturated/α-hetero) is 1. The molecule has 0 saturated heterocycles. The standard InChI is InChI=1S/C24H27NO4/c1-6-29-17-13-11-16(12-14-17)20-19(22(27)24(3,4)5)21(26)23(28)25(20)18-10-8-7-9-15(18)2/h7-14,20,26H,6H2,1-5H3. The third kappa shape index (κ3) is 3.77. The van der Waals surface area contributed by atoms with Crippen molar-refractivity contribution in [1.29, 1.82) is 0 Å². The summed E-state index contributed by atoms with van der Waals surface area (Å²) in [4.78, 5) is 27.8. The minimum atomic E-state index is -0.741. The smallest absolute Gasteiger partial charge is 0.294 e. The molecule has 0 aromatic heterocycles. The van der Waals surface area contributed by atoms with Gasteiger partial charge in [0.25, 0.3) is 5.91 Å². The van der Waals surface area contributed by atoms with Crippen molar-refractivity contribution in [1.82, 2.24) is 0 Å². The van der Waals surface area contributed by atoms with Crippen molar-refractivity contribution < 1.29 is 19.4 Å². The molecule has 152 valence electrons. The Morgan fingerprint density at radius 1 is 1.10 bits per heavy atom. The molecule has 5 nitrogen and oxygen atoms in total. The predicted molar refractivity (Wildman–Crippen MR) is 113 cm³/mol. The van der Waals surface area contributed by atoms with Gasteiger partial charge < -0.3 is 9.84 Å². The average Bonchev–Trinajstić information content (AvgIpc) is 2.93. The van der Waals surface area contributed by atoms with Crippen molar-refractivity contribution in [3.8, 4) is 5.75 Å². The third-order valence-electron chi connectivity index (χ3n) is 5.02. The van der Waals surface area contributed by atoms with Gasteiger partial charge in [0.15, 0.2) is 11.5 Å². The molecule has 0 saturated carbocycles. The van der Waals surface area contributed by atoms with Crippen LogP contribution in [0.3, 0.4) is 0 Å². The van der Waals surface area contributed by atoms with Gasteiger partial charge in [-0.25, -0.2) is 0 Å². The molecule has 1 aliphatic heterocycles. The fourth-order valence-corrected chi connectivity index (χ4v) is 3.55. The minimum Gasteiger partial charge on any atom is -0.503 e. The van der Waals surface area contributed by atoms with E-state index >= 15 is 0 Å². The van der Waals surface area contributed by atoms with Gasteiger partial charge in [0.1, 0.15) is 5.75 Å². The molecule has 3 rings (SSSR count). The van der Waals surface area contributed by atoms with Gasteiger partial charge in [-0.3, -0.25) is 14.5 Å². The first-order valence-electron chi connectivity index (χ1n) is 9.76. The van der Waals surface area contributed by atoms with Crippen molar-refractivity contribution in [2.24, 2.45) is 5.41 Å². The van der Waals surface area contributed by atoms with E-state index in [2.05, 4.69) is 0 Å². The minimum absolute atomic E-state index is 0.134. The molecule has 0 radical (unpaired) electrons. The quantitative estimate of drug-likeness (QED) is 0.784. The number of hydrogen-bond acceptors (Lipinski definition) is 4. The summed E-state index contributed by atoms with van der Waals surface area (Å²) < 4.78 is 5.52. The number of carbonyl (C=O) groups excluding carboxylic acids is 2. The molecule has 1 unspecified atom stereocenters. The number of nitrogens with zero attached hydrogens (tertiary/aromatic N) is 1. The SMILES string of the molecule is CCOc1ccc(C2C(C(=O)C(C)(C)C)=C(O)C(=O)N2c2ccccc2C)cc1. The molecule has 29 heavy (non-hydrogen) atoms. The van der Waals surface area contributed by atoms with Gasteiger partial charge in [0.2, 0.25) is 0 Å². The van der Waals surface area contributed by atoms with Gasteiger partial charge in [0.05, 0.1) is 18.2 Å². The number of anilines is 1. The Morgan fingerprint density at radius 3 is 2.28 bits per heavy atom. The van der Waals surface area contributed by atoms with E-state index in [-0.39, 0.29) is 11.4 Å². The van der Waals surface area contributed by atoms with Gasteiger partial charge in [-0.05, 0) is 43.2 Å². The summed E-state index contributed by atoms with van der Waals surface area (Å²) in [6.07, 6.45) is 0. The Labute approximate surface area is 171 Å². The molecule has 1 aliphatic rings. The van der Waals surface area contributed by atoms with Crippen LogP contribution in [0.25, 0.3) is 0 Å². The van der Waals surface area contributed by atoms with E-state index in [1.54, 1.807) is 20.8 Å². The zero-order chi connectivity index (χ0) is 21.3. The van der Waals surface area contributed by atoms with Crippen molar-refractivity contribution >= 4 is 17.4 Å². The second-order valence-corrected chi connectivity index (χ2v) is 8.21. The summed E-state index contributed by atoms with van der Waals surface area (Å²) in [7, 11) is 0. The van der Waals surface area contributed by atoms with Crippen molar-refractivity contribution in [3.05, 3.63) is 71.0 Å². The third-order valence-corrected chi connectivity index (χ3v) is 5.02. The number of carbonyl (C=O) groups is 2. The van der Waals surface area contributed by atoms with Gasteiger partial charge in [-0.1, -0.05) is 51.1 Å². The van der Waals surface area contributed by atoms with E-state index in [0.29, 0.717) is 18.0 Å². The highest BCUT2D eigenvalue weighted by Gasteiger charge is 2.46. The van der Waals surface area contributed by atoms with Crippen LogP contribution in [0.1, 0.15) is 44.9 Å². The maximum Gasteiger partial charge on any atom is 0.294 e. The van der Waals surface area contributed by atoms with E-state index in [1.165, 1.54) is 4.90 Å². The van der Waals surface area contributed by atoms with Crippen LogP contribution in [0, 0.1) is 12.3 Å². The van der Waals surface area contributed by atoms with Gasteiger partial charge in [-0.2, -0.15) is 0 Å². The maximum absolute atomic E-state index is 13.2. The second kappa shape index (κ2) is 7.74. The number of aryl methyl sites for hydroxylation is 1. The van der Waals surface area contributed by atoms with Crippen LogP contribution >= 0.6 is 0 Å². The van der Waals surface area contributed by atoms with E-state index in [9.17, 15) is 14.7 Å². The molecule has 1 N–H and O–H groups in total. The number of rotatable bonds is 5. The highest BCUT2D eigenvalue weighted by Crippen LogP contribution is 2.44. The molecule has 0 fully saturated rings. The van der Waals surface area contributed by atoms with Crippen molar-refractivity contribution in [2.75, 3.05) is 11.5 Å². The van der Waals surface area contributed by atoms with Crippen LogP contribution in [0.15, 0.2) is 59.9 Å². The van der Waals surface area contributed by atoms with E-state index in [0.717, 1.165) is 11.1 Å². The molecular formula is C24H27NO4. The number of aliphatic hydroxyl groups excluding tert-OH is 1. The number of benzene rings is 2. The Bertz CT molecular complexity index is 967. The lowest BCUT2D eigenvalue weighted by atomic mass is 9.82. The predicted octanol–water partition coefficient (Wildman–Crippen LogP) is 4.91. The first-order chi connectivity index (χ1) is 13.7. The Morgan fingerprint density at radius 2 is 1.72 bits per heavy atom. The number of amides is 1. The van der Waals surface area contributed by atoms with Gasteiger partial charge in [0, 0.05) is 11.1 Å². The van der Waals surface area contributed by atoms with Crippen LogP contribution in [0.2, 0.25) is 0 Å². The summed E-state index contributed by atoms with van der Waals surface area (Å²) in [6.45, 7) is 9.71. The largest absolute Gasteiger partial charge is 0.503 e. The van der Waals surface area contributed by atoms with Crippen LogP contribution in [0.4, 0.5) is 5.69 Å². The highest BCUT2D eigenvalue weighted by atomic mass is 16.5. The van der Waals surface area contributed by atoms with E-state index < -0.39 is 23.1 Å². The van der Waals surface area contributed by atoms with E-state index in [1.807, 2.05) is 62.4 Å². The van der Waals surface area contributed by atoms with Crippen LogP contribution in [-0.4, -0.2) is 23.4 Å². The number of ether oxygens (including phenoxy) is 1. The normalized spacial score (nSPS) is 17.1. The molecule has 5 heteroatoms. The zero-order valence-electron chi connectivity index (χ0n) is 17.5. The fraction of sp³-hybridized carbons (Fsp3) is 0.333. The monoisotopic (exact) mass is 393 g/mol.